The Hall–Kier alpha value is -5.86. The van der Waals surface area contributed by atoms with Gasteiger partial charge in [-0.25, -0.2) is 0 Å². The highest BCUT2D eigenvalue weighted by atomic mass is 15.3. The number of nitrogens with zero attached hydrogens (tertiary/aromatic N) is 1. The van der Waals surface area contributed by atoms with E-state index in [0.29, 0.717) is 0 Å². The lowest BCUT2D eigenvalue weighted by molar-refractivity contribution is 0.765. The van der Waals surface area contributed by atoms with Gasteiger partial charge in [-0.05, 0) is 80.4 Å². The number of benzene rings is 7. The van der Waals surface area contributed by atoms with E-state index >= 15 is 0 Å². The van der Waals surface area contributed by atoms with E-state index in [2.05, 4.69) is 192 Å². The topological polar surface area (TPSA) is 15.3 Å². The van der Waals surface area contributed by atoms with Crippen LogP contribution >= 0.6 is 0 Å². The molecule has 46 heavy (non-hydrogen) atoms. The number of rotatable bonds is 5. The first kappa shape index (κ1) is 26.5. The third-order valence-corrected chi connectivity index (χ3v) is 9.76. The molecule has 1 unspecified atom stereocenters. The van der Waals surface area contributed by atoms with Crippen LogP contribution in [0.2, 0.25) is 0 Å². The van der Waals surface area contributed by atoms with Crippen LogP contribution in [-0.2, 0) is 5.41 Å². The predicted octanol–water partition coefficient (Wildman–Crippen LogP) is 11.0. The van der Waals surface area contributed by atoms with Crippen molar-refractivity contribution in [2.45, 2.75) is 11.6 Å². The molecule has 0 bridgehead atoms. The predicted molar refractivity (Wildman–Crippen MR) is 191 cm³/mol. The van der Waals surface area contributed by atoms with Crippen molar-refractivity contribution >= 4 is 17.1 Å². The summed E-state index contributed by atoms with van der Waals surface area (Å²) in [6.45, 7) is 0. The van der Waals surface area contributed by atoms with E-state index in [9.17, 15) is 0 Å². The molecule has 7 aromatic carbocycles. The molecule has 2 nitrogen and oxygen atoms in total. The maximum Gasteiger partial charge on any atom is 0.130 e. The molecule has 0 spiro atoms. The molecule has 1 heterocycles. The van der Waals surface area contributed by atoms with Crippen molar-refractivity contribution in [3.63, 3.8) is 0 Å². The van der Waals surface area contributed by atoms with Crippen LogP contribution in [0, 0.1) is 0 Å². The van der Waals surface area contributed by atoms with E-state index < -0.39 is 5.41 Å². The Bertz CT molecular complexity index is 2130. The minimum absolute atomic E-state index is 0.0547. The third kappa shape index (κ3) is 3.97. The number of anilines is 3. The van der Waals surface area contributed by atoms with E-state index in [4.69, 9.17) is 0 Å². The number of nitrogens with one attached hydrogen (secondary N) is 1. The lowest BCUT2D eigenvalue weighted by Gasteiger charge is -2.34. The van der Waals surface area contributed by atoms with Gasteiger partial charge in [0.1, 0.15) is 6.17 Å². The average molecular weight is 589 g/mol. The van der Waals surface area contributed by atoms with Crippen molar-refractivity contribution in [3.8, 4) is 22.3 Å². The largest absolute Gasteiger partial charge is 0.359 e. The zero-order chi connectivity index (χ0) is 30.5. The first-order chi connectivity index (χ1) is 22.8. The van der Waals surface area contributed by atoms with Crippen LogP contribution in [0.1, 0.15) is 34.0 Å². The van der Waals surface area contributed by atoms with Crippen molar-refractivity contribution in [2.24, 2.45) is 0 Å². The van der Waals surface area contributed by atoms with Gasteiger partial charge in [0.2, 0.25) is 0 Å². The molecule has 0 radical (unpaired) electrons. The van der Waals surface area contributed by atoms with Crippen LogP contribution in [0.4, 0.5) is 17.1 Å². The van der Waals surface area contributed by atoms with Crippen molar-refractivity contribution in [1.82, 2.24) is 0 Å². The first-order valence-electron chi connectivity index (χ1n) is 16.0. The second kappa shape index (κ2) is 10.6. The Morgan fingerprint density at radius 1 is 0.457 bits per heavy atom. The van der Waals surface area contributed by atoms with Gasteiger partial charge < -0.3 is 10.2 Å². The molecule has 2 aliphatic rings. The summed E-state index contributed by atoms with van der Waals surface area (Å²) in [5.74, 6) is 0. The van der Waals surface area contributed by atoms with Gasteiger partial charge in [-0.2, -0.15) is 0 Å². The summed E-state index contributed by atoms with van der Waals surface area (Å²) < 4.78 is 0. The maximum atomic E-state index is 3.87. The van der Waals surface area contributed by atoms with Crippen LogP contribution in [-0.4, -0.2) is 0 Å². The fourth-order valence-electron chi connectivity index (χ4n) is 7.76. The molecular formula is C44H32N2. The number of hydrogen-bond acceptors (Lipinski definition) is 2. The number of fused-ring (bicyclic) bond motifs is 4. The highest BCUT2D eigenvalue weighted by Gasteiger charge is 2.46. The lowest BCUT2D eigenvalue weighted by atomic mass is 9.67. The maximum absolute atomic E-state index is 3.87. The van der Waals surface area contributed by atoms with Crippen LogP contribution in [0.5, 0.6) is 0 Å². The monoisotopic (exact) mass is 588 g/mol. The van der Waals surface area contributed by atoms with Gasteiger partial charge in [-0.1, -0.05) is 152 Å². The van der Waals surface area contributed by atoms with Crippen LogP contribution < -0.4 is 10.2 Å². The summed E-state index contributed by atoms with van der Waals surface area (Å²) in [6.07, 6.45) is -0.0547. The van der Waals surface area contributed by atoms with E-state index in [1.54, 1.807) is 0 Å². The molecule has 1 N–H and O–H groups in total. The smallest absolute Gasteiger partial charge is 0.130 e. The molecule has 9 rings (SSSR count). The molecule has 0 amide bonds. The summed E-state index contributed by atoms with van der Waals surface area (Å²) in [4.78, 5) is 2.44. The lowest BCUT2D eigenvalue weighted by Crippen LogP contribution is -2.28. The molecule has 2 heteroatoms. The zero-order valence-electron chi connectivity index (χ0n) is 25.3. The minimum atomic E-state index is -0.397. The Morgan fingerprint density at radius 2 is 1.02 bits per heavy atom. The van der Waals surface area contributed by atoms with Gasteiger partial charge in [0.25, 0.3) is 0 Å². The van der Waals surface area contributed by atoms with Crippen LogP contribution in [0.25, 0.3) is 22.3 Å². The molecule has 218 valence electrons. The van der Waals surface area contributed by atoms with Gasteiger partial charge >= 0.3 is 0 Å². The van der Waals surface area contributed by atoms with Gasteiger partial charge in [0.05, 0.1) is 16.8 Å². The summed E-state index contributed by atoms with van der Waals surface area (Å²) in [6, 6.07) is 66.3. The highest BCUT2D eigenvalue weighted by Crippen LogP contribution is 2.57. The second-order valence-corrected chi connectivity index (χ2v) is 12.2. The molecule has 1 aliphatic carbocycles. The number of hydrogen-bond donors (Lipinski definition) is 1. The quantitative estimate of drug-likeness (QED) is 0.215. The minimum Gasteiger partial charge on any atom is -0.359 e. The van der Waals surface area contributed by atoms with Crippen LogP contribution in [0.15, 0.2) is 182 Å². The van der Waals surface area contributed by atoms with Gasteiger partial charge in [0.15, 0.2) is 0 Å². The second-order valence-electron chi connectivity index (χ2n) is 12.2. The highest BCUT2D eigenvalue weighted by molar-refractivity contribution is 5.88. The normalized spacial score (nSPS) is 15.5. The molecule has 1 atom stereocenters. The fraction of sp³-hybridized carbons (Fsp3) is 0.0455. The zero-order valence-corrected chi connectivity index (χ0v) is 25.3. The van der Waals surface area contributed by atoms with E-state index in [-0.39, 0.29) is 6.17 Å². The number of para-hydroxylation sites is 2. The molecule has 0 fully saturated rings. The van der Waals surface area contributed by atoms with Gasteiger partial charge in [-0.15, -0.1) is 0 Å². The summed E-state index contributed by atoms with van der Waals surface area (Å²) in [5, 5.41) is 3.87. The van der Waals surface area contributed by atoms with Crippen LogP contribution in [0.3, 0.4) is 0 Å². The van der Waals surface area contributed by atoms with E-state index in [1.807, 2.05) is 0 Å². The van der Waals surface area contributed by atoms with Gasteiger partial charge in [-0.3, -0.25) is 0 Å². The van der Waals surface area contributed by atoms with Crippen molar-refractivity contribution in [2.75, 3.05) is 10.2 Å². The summed E-state index contributed by atoms with van der Waals surface area (Å²) in [7, 11) is 0. The Morgan fingerprint density at radius 3 is 1.74 bits per heavy atom. The summed E-state index contributed by atoms with van der Waals surface area (Å²) in [5.41, 5.74) is 14.6. The Labute approximate surface area is 270 Å². The molecule has 1 aliphatic heterocycles. The average Bonchev–Trinajstić information content (AvgIpc) is 3.67. The van der Waals surface area contributed by atoms with Crippen molar-refractivity contribution in [3.05, 3.63) is 210 Å². The Kier molecular flexibility index (Phi) is 6.14. The first-order valence-corrected chi connectivity index (χ1v) is 16.0. The van der Waals surface area contributed by atoms with Crippen molar-refractivity contribution < 1.29 is 0 Å². The molecule has 7 aromatic rings. The third-order valence-electron chi connectivity index (χ3n) is 9.76. The SMILES string of the molecule is c1ccc(-c2ccc(N3c4ccccc4NC3c3ccc4c(c3)-c3ccccc3C4(c3ccccc3)c3ccccc3)cc2)cc1. The Balaban J connectivity index is 1.21. The molecule has 0 aromatic heterocycles. The van der Waals surface area contributed by atoms with E-state index in [0.717, 1.165) is 11.4 Å². The van der Waals surface area contributed by atoms with Crippen molar-refractivity contribution in [1.29, 1.82) is 0 Å². The summed E-state index contributed by atoms with van der Waals surface area (Å²) >= 11 is 0. The molecule has 0 saturated heterocycles. The fourth-order valence-corrected chi connectivity index (χ4v) is 7.76. The molecule has 0 saturated carbocycles. The standard InChI is InChI=1S/C44H32N2/c1-4-14-31(15-5-1)32-24-27-36(28-25-32)46-42-23-13-12-22-41(42)45-43(46)33-26-29-40-38(30-33)37-20-10-11-21-39(37)44(40,34-16-6-2-7-17-34)35-18-8-3-9-19-35/h1-30,43,45H. The van der Waals surface area contributed by atoms with Gasteiger partial charge in [0, 0.05) is 5.69 Å². The van der Waals surface area contributed by atoms with E-state index in [1.165, 1.54) is 55.8 Å². The molecular weight excluding hydrogens is 556 g/mol.